The minimum absolute atomic E-state index is 0.194. The van der Waals surface area contributed by atoms with Crippen molar-refractivity contribution in [1.29, 1.82) is 0 Å². The molecule has 0 saturated heterocycles. The molecule has 1 heterocycles. The summed E-state index contributed by atoms with van der Waals surface area (Å²) in [4.78, 5) is 15.3. The van der Waals surface area contributed by atoms with Gasteiger partial charge in [-0.15, -0.1) is 0 Å². The van der Waals surface area contributed by atoms with Crippen LogP contribution in [0.4, 0.5) is 5.69 Å². The van der Waals surface area contributed by atoms with Gasteiger partial charge in [0.05, 0.1) is 10.6 Å². The van der Waals surface area contributed by atoms with Gasteiger partial charge < -0.3 is 5.73 Å². The molecular weight excluding hydrogens is 254 g/mol. The van der Waals surface area contributed by atoms with E-state index < -0.39 is 0 Å². The molecule has 110 valence electrons. The van der Waals surface area contributed by atoms with E-state index in [1.54, 1.807) is 20.0 Å². The molecule has 1 aromatic rings. The summed E-state index contributed by atoms with van der Waals surface area (Å²) in [6.45, 7) is 3.54. The highest BCUT2D eigenvalue weighted by molar-refractivity contribution is 5.47. The van der Waals surface area contributed by atoms with Gasteiger partial charge in [-0.05, 0) is 39.0 Å². The van der Waals surface area contributed by atoms with Gasteiger partial charge in [0.25, 0.3) is 5.69 Å². The second-order valence-electron chi connectivity index (χ2n) is 5.88. The second-order valence-corrected chi connectivity index (χ2v) is 5.88. The third-order valence-corrected chi connectivity index (χ3v) is 4.43. The van der Waals surface area contributed by atoms with Gasteiger partial charge in [-0.25, -0.2) is 0 Å². The molecule has 0 aliphatic heterocycles. The number of nitro groups is 1. The first-order valence-electron chi connectivity index (χ1n) is 7.35. The molecule has 1 aromatic heterocycles. The van der Waals surface area contributed by atoms with Crippen molar-refractivity contribution in [2.24, 2.45) is 11.7 Å². The number of hydrogen-bond donors (Lipinski definition) is 1. The van der Waals surface area contributed by atoms with E-state index in [1.807, 2.05) is 0 Å². The average molecular weight is 277 g/mol. The quantitative estimate of drug-likeness (QED) is 0.523. The van der Waals surface area contributed by atoms with E-state index in [9.17, 15) is 10.1 Å². The normalized spacial score (nSPS) is 23.4. The number of rotatable bonds is 3. The van der Waals surface area contributed by atoms with Crippen molar-refractivity contribution in [2.75, 3.05) is 0 Å². The third-order valence-electron chi connectivity index (χ3n) is 4.43. The maximum atomic E-state index is 11.2. The number of nitrogens with two attached hydrogens (primary N) is 1. The zero-order valence-electron chi connectivity index (χ0n) is 12.3. The summed E-state index contributed by atoms with van der Waals surface area (Å²) in [6.07, 6.45) is 8.16. The molecule has 1 aliphatic carbocycles. The lowest BCUT2D eigenvalue weighted by atomic mass is 9.89. The molecule has 20 heavy (non-hydrogen) atoms. The first-order valence-corrected chi connectivity index (χ1v) is 7.35. The zero-order valence-corrected chi connectivity index (χ0v) is 12.3. The molecule has 0 amide bonds. The Kier molecular flexibility index (Phi) is 4.70. The molecule has 2 unspecified atom stereocenters. The Labute approximate surface area is 119 Å². The fourth-order valence-corrected chi connectivity index (χ4v) is 3.17. The van der Waals surface area contributed by atoms with Gasteiger partial charge in [0.1, 0.15) is 0 Å². The number of pyridine rings is 1. The van der Waals surface area contributed by atoms with Crippen LogP contribution in [0.3, 0.4) is 0 Å². The van der Waals surface area contributed by atoms with Crippen molar-refractivity contribution in [3.63, 3.8) is 0 Å². The van der Waals surface area contributed by atoms with Crippen molar-refractivity contribution >= 4 is 5.69 Å². The van der Waals surface area contributed by atoms with Crippen LogP contribution in [0.15, 0.2) is 6.20 Å². The maximum absolute atomic E-state index is 11.2. The monoisotopic (exact) mass is 277 g/mol. The van der Waals surface area contributed by atoms with Crippen molar-refractivity contribution in [2.45, 2.75) is 58.4 Å². The molecule has 0 bridgehead atoms. The molecule has 2 atom stereocenters. The second kappa shape index (κ2) is 6.31. The fraction of sp³-hybridized carbons (Fsp3) is 0.667. The van der Waals surface area contributed by atoms with Crippen LogP contribution in [0.25, 0.3) is 0 Å². The molecule has 5 heteroatoms. The average Bonchev–Trinajstić information content (AvgIpc) is 2.58. The van der Waals surface area contributed by atoms with Crippen LogP contribution in [0.1, 0.15) is 48.9 Å². The Morgan fingerprint density at radius 1 is 1.35 bits per heavy atom. The van der Waals surface area contributed by atoms with Gasteiger partial charge in [0.15, 0.2) is 0 Å². The molecule has 1 aliphatic rings. The van der Waals surface area contributed by atoms with E-state index in [2.05, 4.69) is 4.98 Å². The van der Waals surface area contributed by atoms with Gasteiger partial charge in [0, 0.05) is 23.4 Å². The lowest BCUT2D eigenvalue weighted by Gasteiger charge is -2.21. The Balaban J connectivity index is 2.25. The lowest BCUT2D eigenvalue weighted by molar-refractivity contribution is -0.386. The minimum atomic E-state index is -0.303. The fourth-order valence-electron chi connectivity index (χ4n) is 3.17. The van der Waals surface area contributed by atoms with Crippen molar-refractivity contribution in [3.05, 3.63) is 33.1 Å². The highest BCUT2D eigenvalue weighted by Gasteiger charge is 2.25. The summed E-state index contributed by atoms with van der Waals surface area (Å²) in [5, 5.41) is 11.2. The summed E-state index contributed by atoms with van der Waals surface area (Å²) >= 11 is 0. The SMILES string of the molecule is Cc1cnc(CC2CCCCCC2N)c(C)c1[N+](=O)[O-]. The number of nitrogens with zero attached hydrogens (tertiary/aromatic N) is 2. The highest BCUT2D eigenvalue weighted by Crippen LogP contribution is 2.29. The third kappa shape index (κ3) is 3.15. The van der Waals surface area contributed by atoms with Gasteiger partial charge >= 0.3 is 0 Å². The Morgan fingerprint density at radius 2 is 2.05 bits per heavy atom. The van der Waals surface area contributed by atoms with E-state index in [0.717, 1.165) is 25.0 Å². The predicted molar refractivity (Wildman–Crippen MR) is 78.6 cm³/mol. The smallest absolute Gasteiger partial charge is 0.278 e. The van der Waals surface area contributed by atoms with E-state index in [1.165, 1.54) is 19.3 Å². The Morgan fingerprint density at radius 3 is 2.75 bits per heavy atom. The van der Waals surface area contributed by atoms with E-state index >= 15 is 0 Å². The highest BCUT2D eigenvalue weighted by atomic mass is 16.6. The molecule has 0 radical (unpaired) electrons. The first kappa shape index (κ1) is 14.9. The van der Waals surface area contributed by atoms with Crippen LogP contribution in [-0.4, -0.2) is 15.9 Å². The summed E-state index contributed by atoms with van der Waals surface area (Å²) in [5.41, 5.74) is 8.61. The van der Waals surface area contributed by atoms with Gasteiger partial charge in [-0.1, -0.05) is 19.3 Å². The Bertz CT molecular complexity index is 502. The molecule has 0 spiro atoms. The lowest BCUT2D eigenvalue weighted by Crippen LogP contribution is -2.30. The van der Waals surface area contributed by atoms with Crippen molar-refractivity contribution in [1.82, 2.24) is 4.98 Å². The summed E-state index contributed by atoms with van der Waals surface area (Å²) in [6, 6.07) is 0.194. The molecular formula is C15H23N3O2. The van der Waals surface area contributed by atoms with Crippen LogP contribution in [0.2, 0.25) is 0 Å². The molecule has 1 saturated carbocycles. The van der Waals surface area contributed by atoms with Gasteiger partial charge in [-0.2, -0.15) is 0 Å². The Hall–Kier alpha value is -1.49. The summed E-state index contributed by atoms with van der Waals surface area (Å²) in [5.74, 6) is 0.394. The van der Waals surface area contributed by atoms with E-state index in [-0.39, 0.29) is 16.7 Å². The molecule has 2 N–H and O–H groups in total. The minimum Gasteiger partial charge on any atom is -0.327 e. The first-order chi connectivity index (χ1) is 9.50. The number of aryl methyl sites for hydroxylation is 1. The topological polar surface area (TPSA) is 82.0 Å². The van der Waals surface area contributed by atoms with Crippen LogP contribution in [0, 0.1) is 29.9 Å². The van der Waals surface area contributed by atoms with E-state index in [4.69, 9.17) is 5.73 Å². The van der Waals surface area contributed by atoms with Crippen molar-refractivity contribution in [3.8, 4) is 0 Å². The standard InChI is InChI=1S/C15H23N3O2/c1-10-9-17-14(11(2)15(10)18(19)20)8-12-6-4-3-5-7-13(12)16/h9,12-13H,3-8,16H2,1-2H3. The molecule has 2 rings (SSSR count). The van der Waals surface area contributed by atoms with Gasteiger partial charge in [-0.3, -0.25) is 15.1 Å². The van der Waals surface area contributed by atoms with Gasteiger partial charge in [0.2, 0.25) is 0 Å². The number of aromatic nitrogens is 1. The zero-order chi connectivity index (χ0) is 14.7. The van der Waals surface area contributed by atoms with Crippen LogP contribution in [0.5, 0.6) is 0 Å². The molecule has 0 aromatic carbocycles. The van der Waals surface area contributed by atoms with Crippen molar-refractivity contribution < 1.29 is 4.92 Å². The van der Waals surface area contributed by atoms with E-state index in [0.29, 0.717) is 17.0 Å². The summed E-state index contributed by atoms with van der Waals surface area (Å²) in [7, 11) is 0. The van der Waals surface area contributed by atoms with Crippen LogP contribution in [-0.2, 0) is 6.42 Å². The molecule has 1 fully saturated rings. The molecule has 5 nitrogen and oxygen atoms in total. The predicted octanol–water partition coefficient (Wildman–Crippen LogP) is 3.06. The largest absolute Gasteiger partial charge is 0.327 e. The van der Waals surface area contributed by atoms with Crippen LogP contribution >= 0.6 is 0 Å². The van der Waals surface area contributed by atoms with Crippen LogP contribution < -0.4 is 5.73 Å². The summed E-state index contributed by atoms with van der Waals surface area (Å²) < 4.78 is 0. The maximum Gasteiger partial charge on any atom is 0.278 e. The number of hydrogen-bond acceptors (Lipinski definition) is 4.